The summed E-state index contributed by atoms with van der Waals surface area (Å²) < 4.78 is 6.04. The molecule has 0 radical (unpaired) electrons. The summed E-state index contributed by atoms with van der Waals surface area (Å²) in [6.45, 7) is 1.95. The number of carbonyl (C=O) groups excluding carboxylic acids is 2. The monoisotopic (exact) mass is 414 g/mol. The molecular weight excluding hydrogens is 384 g/mol. The minimum Gasteiger partial charge on any atom is -0.504 e. The molecule has 7 heteroatoms. The van der Waals surface area contributed by atoms with E-state index in [2.05, 4.69) is 4.90 Å². The van der Waals surface area contributed by atoms with E-state index in [1.165, 1.54) is 17.7 Å². The second-order valence-corrected chi connectivity index (χ2v) is 9.79. The molecule has 2 aliphatic heterocycles. The van der Waals surface area contributed by atoms with E-state index < -0.39 is 17.1 Å². The van der Waals surface area contributed by atoms with Crippen LogP contribution in [-0.2, 0) is 21.4 Å². The number of carbonyl (C=O) groups is 2. The number of Topliss-reactive ketones (excluding diaryl/α,β-unsaturated/α-hetero) is 1. The van der Waals surface area contributed by atoms with Gasteiger partial charge in [-0.05, 0) is 56.2 Å². The highest BCUT2D eigenvalue weighted by atomic mass is 16.5. The second-order valence-electron chi connectivity index (χ2n) is 9.79. The zero-order chi connectivity index (χ0) is 21.3. The minimum atomic E-state index is -0.940. The quantitative estimate of drug-likeness (QED) is 0.723. The molecule has 2 bridgehead atoms. The lowest BCUT2D eigenvalue weighted by molar-refractivity contribution is -0.188. The van der Waals surface area contributed by atoms with Gasteiger partial charge in [0.25, 0.3) is 0 Å². The third-order valence-electron chi connectivity index (χ3n) is 7.77. The van der Waals surface area contributed by atoms with E-state index in [0.717, 1.165) is 49.4 Å². The van der Waals surface area contributed by atoms with E-state index in [0.29, 0.717) is 18.6 Å². The van der Waals surface area contributed by atoms with Crippen LogP contribution in [0.5, 0.6) is 11.5 Å². The fraction of sp³-hybridized carbons (Fsp3) is 0.652. The maximum Gasteiger partial charge on any atom is 0.209 e. The highest BCUT2D eigenvalue weighted by Crippen LogP contribution is 2.64. The van der Waals surface area contributed by atoms with E-state index in [4.69, 9.17) is 4.74 Å². The number of nitrogens with zero attached hydrogens (tertiary/aromatic N) is 2. The van der Waals surface area contributed by atoms with E-state index >= 15 is 0 Å². The molecule has 0 unspecified atom stereocenters. The van der Waals surface area contributed by atoms with Gasteiger partial charge >= 0.3 is 0 Å². The predicted octanol–water partition coefficient (Wildman–Crippen LogP) is 1.23. The van der Waals surface area contributed by atoms with Crippen molar-refractivity contribution in [2.45, 2.75) is 61.7 Å². The lowest BCUT2D eigenvalue weighted by Crippen LogP contribution is -2.76. The largest absolute Gasteiger partial charge is 0.504 e. The summed E-state index contributed by atoms with van der Waals surface area (Å²) in [5, 5.41) is 22.3. The first kappa shape index (κ1) is 19.8. The molecule has 1 aromatic carbocycles. The van der Waals surface area contributed by atoms with E-state index in [1.807, 2.05) is 6.07 Å². The Hall–Kier alpha value is -2.12. The van der Waals surface area contributed by atoms with Gasteiger partial charge in [0.15, 0.2) is 23.4 Å². The summed E-state index contributed by atoms with van der Waals surface area (Å²) in [6.07, 6.45) is 5.08. The first-order chi connectivity index (χ1) is 14.3. The molecule has 0 aromatic heterocycles. The number of aliphatic hydroxyl groups is 1. The standard InChI is InChI=1S/C20H23NO4.C3H7NO/c22-13-4-3-12-9-15-20(24)6-5-14(23)18-19(20,16(12)17(13)25-18)7-8-21(15)10-11-1-2-11;1-4(2)3-5/h3-4,11,15,18,22,24H,1-2,5-10H2;3H,1-2H3/t15-,18+,19+,20-;/m1./s1. The third-order valence-corrected chi connectivity index (χ3v) is 7.77. The molecule has 1 spiro atoms. The maximum atomic E-state index is 12.7. The Morgan fingerprint density at radius 1 is 1.30 bits per heavy atom. The van der Waals surface area contributed by atoms with Gasteiger partial charge in [-0.2, -0.15) is 0 Å². The van der Waals surface area contributed by atoms with Gasteiger partial charge in [-0.25, -0.2) is 0 Å². The van der Waals surface area contributed by atoms with Gasteiger partial charge in [-0.3, -0.25) is 14.5 Å². The second kappa shape index (κ2) is 6.69. The molecule has 3 aliphatic carbocycles. The highest BCUT2D eigenvalue weighted by molar-refractivity contribution is 5.90. The highest BCUT2D eigenvalue weighted by Gasteiger charge is 2.73. The van der Waals surface area contributed by atoms with E-state index in [9.17, 15) is 19.8 Å². The molecule has 162 valence electrons. The molecule has 30 heavy (non-hydrogen) atoms. The number of phenolic OH excluding ortho intramolecular Hbond substituents is 1. The summed E-state index contributed by atoms with van der Waals surface area (Å²) >= 11 is 0. The zero-order valence-corrected chi connectivity index (χ0v) is 17.6. The number of piperidine rings is 1. The smallest absolute Gasteiger partial charge is 0.209 e. The van der Waals surface area contributed by atoms with E-state index in [1.54, 1.807) is 20.2 Å². The van der Waals surface area contributed by atoms with Gasteiger partial charge in [0.05, 0.1) is 11.0 Å². The molecule has 5 aliphatic rings. The number of hydrogen-bond acceptors (Lipinski definition) is 6. The van der Waals surface area contributed by atoms with Crippen LogP contribution >= 0.6 is 0 Å². The van der Waals surface area contributed by atoms with Crippen molar-refractivity contribution in [2.24, 2.45) is 5.92 Å². The van der Waals surface area contributed by atoms with Gasteiger partial charge in [0, 0.05) is 38.7 Å². The van der Waals surface area contributed by atoms with Crippen LogP contribution in [0.1, 0.15) is 43.2 Å². The number of likely N-dealkylation sites (tertiary alicyclic amines) is 1. The van der Waals surface area contributed by atoms with Gasteiger partial charge in [-0.15, -0.1) is 0 Å². The van der Waals surface area contributed by atoms with Crippen LogP contribution in [0.4, 0.5) is 0 Å². The predicted molar refractivity (Wildman–Crippen MR) is 110 cm³/mol. The molecule has 2 heterocycles. The maximum absolute atomic E-state index is 12.7. The number of aromatic hydroxyl groups is 1. The molecule has 2 N–H and O–H groups in total. The van der Waals surface area contributed by atoms with Crippen molar-refractivity contribution >= 4 is 12.2 Å². The molecule has 1 saturated heterocycles. The average Bonchev–Trinajstić information content (AvgIpc) is 3.46. The van der Waals surface area contributed by atoms with Crippen molar-refractivity contribution in [2.75, 3.05) is 27.2 Å². The van der Waals surface area contributed by atoms with Gasteiger partial charge < -0.3 is 19.8 Å². The van der Waals surface area contributed by atoms with Crippen LogP contribution in [0.15, 0.2) is 12.1 Å². The zero-order valence-electron chi connectivity index (χ0n) is 17.6. The number of hydrogen-bond donors (Lipinski definition) is 2. The van der Waals surface area contributed by atoms with Gasteiger partial charge in [0.2, 0.25) is 6.41 Å². The average molecular weight is 415 g/mol. The van der Waals surface area contributed by atoms with E-state index in [-0.39, 0.29) is 17.6 Å². The van der Waals surface area contributed by atoms with Crippen LogP contribution in [0.25, 0.3) is 0 Å². The topological polar surface area (TPSA) is 90.3 Å². The van der Waals surface area contributed by atoms with Crippen molar-refractivity contribution in [3.63, 3.8) is 0 Å². The molecule has 3 fully saturated rings. The fourth-order valence-corrected chi connectivity index (χ4v) is 6.26. The normalized spacial score (nSPS) is 35.6. The van der Waals surface area contributed by atoms with Crippen molar-refractivity contribution in [1.82, 2.24) is 9.80 Å². The number of ether oxygens (including phenoxy) is 1. The molecule has 7 nitrogen and oxygen atoms in total. The Balaban J connectivity index is 0.000000349. The van der Waals surface area contributed by atoms with Crippen LogP contribution < -0.4 is 4.74 Å². The first-order valence-corrected chi connectivity index (χ1v) is 10.9. The summed E-state index contributed by atoms with van der Waals surface area (Å²) in [4.78, 5) is 26.1. The van der Waals surface area contributed by atoms with Crippen molar-refractivity contribution < 1.29 is 24.5 Å². The lowest BCUT2D eigenvalue weighted by atomic mass is 9.49. The molecular formula is C23H30N2O5. The summed E-state index contributed by atoms with van der Waals surface area (Å²) in [5.74, 6) is 1.39. The number of benzene rings is 1. The first-order valence-electron chi connectivity index (χ1n) is 10.9. The Morgan fingerprint density at radius 3 is 2.70 bits per heavy atom. The van der Waals surface area contributed by atoms with Crippen molar-refractivity contribution in [1.29, 1.82) is 0 Å². The summed E-state index contributed by atoms with van der Waals surface area (Å²) in [6, 6.07) is 3.69. The Bertz CT molecular complexity index is 898. The van der Waals surface area contributed by atoms with Crippen LogP contribution in [0.3, 0.4) is 0 Å². The number of rotatable bonds is 3. The SMILES string of the molecule is CN(C)C=O.O=C1CC[C@@]2(O)[C@H]3Cc4ccc(O)c5c4[C@@]2(CCN3CC2CC2)[C@H]1O5. The minimum absolute atomic E-state index is 0.0454. The lowest BCUT2D eigenvalue weighted by Gasteiger charge is -2.62. The third kappa shape index (κ3) is 2.57. The summed E-state index contributed by atoms with van der Waals surface area (Å²) in [5.41, 5.74) is 0.454. The molecule has 4 atom stereocenters. The van der Waals surface area contributed by atoms with Crippen molar-refractivity contribution in [3.8, 4) is 11.5 Å². The Labute approximate surface area is 176 Å². The van der Waals surface area contributed by atoms with Crippen LogP contribution in [-0.4, -0.2) is 77.1 Å². The number of amides is 1. The Kier molecular flexibility index (Phi) is 4.42. The van der Waals surface area contributed by atoms with Gasteiger partial charge in [0.1, 0.15) is 0 Å². The van der Waals surface area contributed by atoms with Crippen molar-refractivity contribution in [3.05, 3.63) is 23.3 Å². The molecule has 2 saturated carbocycles. The van der Waals surface area contributed by atoms with Gasteiger partial charge in [-0.1, -0.05) is 6.07 Å². The van der Waals surface area contributed by atoms with Crippen LogP contribution in [0, 0.1) is 5.92 Å². The summed E-state index contributed by atoms with van der Waals surface area (Å²) in [7, 11) is 3.38. The molecule has 1 aromatic rings. The van der Waals surface area contributed by atoms with Crippen LogP contribution in [0.2, 0.25) is 0 Å². The molecule has 1 amide bonds. The fourth-order valence-electron chi connectivity index (χ4n) is 6.26. The molecule has 6 rings (SSSR count). The number of phenols is 1. The number of ketones is 1. The Morgan fingerprint density at radius 2 is 2.03 bits per heavy atom.